The molecule has 1 aliphatic carbocycles. The molecule has 8 heteroatoms. The minimum Gasteiger partial charge on any atom is -0.367 e. The van der Waals surface area contributed by atoms with Gasteiger partial charge < -0.3 is 5.32 Å². The largest absolute Gasteiger partial charge is 0.416 e. The Balaban J connectivity index is 1.93. The smallest absolute Gasteiger partial charge is 0.367 e. The highest BCUT2D eigenvalue weighted by Gasteiger charge is 2.30. The molecular formula is C19H20F5N3. The number of nitrogens with zero attached hydrogens (tertiary/aromatic N) is 2. The molecule has 0 saturated heterocycles. The number of anilines is 1. The second-order valence-electron chi connectivity index (χ2n) is 6.70. The van der Waals surface area contributed by atoms with Crippen LogP contribution in [-0.4, -0.2) is 16.0 Å². The minimum absolute atomic E-state index is 0.0983. The predicted molar refractivity (Wildman–Crippen MR) is 92.5 cm³/mol. The third-order valence-electron chi connectivity index (χ3n) is 4.72. The summed E-state index contributed by atoms with van der Waals surface area (Å²) in [6, 6.07) is 4.64. The van der Waals surface area contributed by atoms with Crippen molar-refractivity contribution in [1.82, 2.24) is 9.97 Å². The molecule has 0 radical (unpaired) electrons. The third kappa shape index (κ3) is 4.93. The zero-order valence-electron chi connectivity index (χ0n) is 14.6. The lowest BCUT2D eigenvalue weighted by molar-refractivity contribution is -0.137. The lowest BCUT2D eigenvalue weighted by Gasteiger charge is -2.20. The van der Waals surface area contributed by atoms with E-state index in [1.165, 1.54) is 18.3 Å². The van der Waals surface area contributed by atoms with Crippen molar-refractivity contribution in [3.63, 3.8) is 0 Å². The topological polar surface area (TPSA) is 37.8 Å². The van der Waals surface area contributed by atoms with E-state index in [4.69, 9.17) is 0 Å². The first-order chi connectivity index (χ1) is 12.8. The first-order valence-electron chi connectivity index (χ1n) is 8.94. The minimum atomic E-state index is -4.43. The molecule has 1 heterocycles. The summed E-state index contributed by atoms with van der Waals surface area (Å²) in [4.78, 5) is 7.62. The van der Waals surface area contributed by atoms with Crippen molar-refractivity contribution in [2.75, 3.05) is 5.32 Å². The Labute approximate surface area is 154 Å². The van der Waals surface area contributed by atoms with E-state index in [2.05, 4.69) is 15.3 Å². The summed E-state index contributed by atoms with van der Waals surface area (Å²) in [6.45, 7) is 0. The Morgan fingerprint density at radius 1 is 0.963 bits per heavy atom. The molecule has 1 N–H and O–H groups in total. The summed E-state index contributed by atoms with van der Waals surface area (Å²) >= 11 is 0. The van der Waals surface area contributed by atoms with E-state index in [-0.39, 0.29) is 11.9 Å². The van der Waals surface area contributed by atoms with E-state index in [0.29, 0.717) is 11.1 Å². The van der Waals surface area contributed by atoms with Crippen LogP contribution < -0.4 is 5.32 Å². The molecule has 0 atom stereocenters. The molecule has 0 aliphatic heterocycles. The highest BCUT2D eigenvalue weighted by atomic mass is 19.4. The Morgan fingerprint density at radius 2 is 1.59 bits per heavy atom. The SMILES string of the molecule is FC(F)c1ncc(-c2ccc(C(F)(F)F)cc2)c(NC2CCCCCC2)n1. The first-order valence-corrected chi connectivity index (χ1v) is 8.94. The number of halogens is 5. The molecule has 27 heavy (non-hydrogen) atoms. The molecule has 146 valence electrons. The third-order valence-corrected chi connectivity index (χ3v) is 4.72. The molecular weight excluding hydrogens is 365 g/mol. The maximum Gasteiger partial charge on any atom is 0.416 e. The predicted octanol–water partition coefficient (Wildman–Crippen LogP) is 6.23. The van der Waals surface area contributed by atoms with Crippen LogP contribution in [0.3, 0.4) is 0 Å². The molecule has 0 unspecified atom stereocenters. The van der Waals surface area contributed by atoms with E-state index in [9.17, 15) is 22.0 Å². The molecule has 1 aromatic carbocycles. The van der Waals surface area contributed by atoms with Gasteiger partial charge in [0.15, 0.2) is 5.82 Å². The van der Waals surface area contributed by atoms with E-state index in [1.54, 1.807) is 0 Å². The number of benzene rings is 1. The summed E-state index contributed by atoms with van der Waals surface area (Å²) in [5.41, 5.74) is 0.0898. The number of alkyl halides is 5. The van der Waals surface area contributed by atoms with Gasteiger partial charge in [-0.05, 0) is 30.5 Å². The summed E-state index contributed by atoms with van der Waals surface area (Å²) < 4.78 is 64.4. The van der Waals surface area contributed by atoms with Gasteiger partial charge in [0.2, 0.25) is 0 Å². The van der Waals surface area contributed by atoms with Crippen molar-refractivity contribution in [1.29, 1.82) is 0 Å². The van der Waals surface area contributed by atoms with Gasteiger partial charge in [-0.2, -0.15) is 13.2 Å². The first kappa shape index (κ1) is 19.5. The van der Waals surface area contributed by atoms with Crippen LogP contribution in [0.2, 0.25) is 0 Å². The Bertz CT molecular complexity index is 751. The van der Waals surface area contributed by atoms with Gasteiger partial charge in [-0.1, -0.05) is 37.8 Å². The van der Waals surface area contributed by atoms with Gasteiger partial charge in [0.05, 0.1) is 5.56 Å². The molecule has 1 aromatic heterocycles. The number of hydrogen-bond donors (Lipinski definition) is 1. The lowest BCUT2D eigenvalue weighted by Crippen LogP contribution is -2.20. The molecule has 2 aromatic rings. The van der Waals surface area contributed by atoms with Crippen LogP contribution in [0.25, 0.3) is 11.1 Å². The van der Waals surface area contributed by atoms with Crippen molar-refractivity contribution in [2.45, 2.75) is 57.2 Å². The van der Waals surface area contributed by atoms with Gasteiger partial charge in [0.25, 0.3) is 6.43 Å². The zero-order chi connectivity index (χ0) is 19.4. The van der Waals surface area contributed by atoms with Gasteiger partial charge in [-0.25, -0.2) is 18.7 Å². The van der Waals surface area contributed by atoms with E-state index >= 15 is 0 Å². The van der Waals surface area contributed by atoms with Crippen molar-refractivity contribution in [3.05, 3.63) is 41.9 Å². The Hall–Kier alpha value is -2.25. The quantitative estimate of drug-likeness (QED) is 0.500. The van der Waals surface area contributed by atoms with Crippen LogP contribution in [0.5, 0.6) is 0 Å². The molecule has 1 saturated carbocycles. The second-order valence-corrected chi connectivity index (χ2v) is 6.70. The number of hydrogen-bond acceptors (Lipinski definition) is 3. The highest BCUT2D eigenvalue weighted by molar-refractivity contribution is 5.74. The molecule has 1 fully saturated rings. The van der Waals surface area contributed by atoms with E-state index < -0.39 is 24.0 Å². The van der Waals surface area contributed by atoms with Crippen LogP contribution >= 0.6 is 0 Å². The van der Waals surface area contributed by atoms with E-state index in [0.717, 1.165) is 50.7 Å². The van der Waals surface area contributed by atoms with Gasteiger partial charge in [-0.15, -0.1) is 0 Å². The van der Waals surface area contributed by atoms with Crippen LogP contribution in [0, 0.1) is 0 Å². The maximum absolute atomic E-state index is 13.0. The van der Waals surface area contributed by atoms with Gasteiger partial charge in [-0.3, -0.25) is 0 Å². The number of rotatable bonds is 4. The molecule has 0 amide bonds. The normalized spacial score (nSPS) is 16.4. The second kappa shape index (κ2) is 8.19. The van der Waals surface area contributed by atoms with Crippen molar-refractivity contribution >= 4 is 5.82 Å². The van der Waals surface area contributed by atoms with Crippen molar-refractivity contribution < 1.29 is 22.0 Å². The average molecular weight is 385 g/mol. The van der Waals surface area contributed by atoms with Crippen LogP contribution in [0.4, 0.5) is 27.8 Å². The van der Waals surface area contributed by atoms with Crippen molar-refractivity contribution in [3.8, 4) is 11.1 Å². The Kier molecular flexibility index (Phi) is 5.92. The summed E-state index contributed by atoms with van der Waals surface area (Å²) in [6.07, 6.45) is 0.153. The molecule has 3 nitrogen and oxygen atoms in total. The summed E-state index contributed by atoms with van der Waals surface area (Å²) in [5.74, 6) is -0.353. The molecule has 1 aliphatic rings. The lowest BCUT2D eigenvalue weighted by atomic mass is 10.0. The molecule has 0 bridgehead atoms. The molecule has 3 rings (SSSR count). The average Bonchev–Trinajstić information content (AvgIpc) is 2.90. The highest BCUT2D eigenvalue weighted by Crippen LogP contribution is 2.34. The van der Waals surface area contributed by atoms with Crippen LogP contribution in [0.15, 0.2) is 30.5 Å². The van der Waals surface area contributed by atoms with Gasteiger partial charge in [0, 0.05) is 17.8 Å². The zero-order valence-corrected chi connectivity index (χ0v) is 14.6. The Morgan fingerprint density at radius 3 is 2.15 bits per heavy atom. The van der Waals surface area contributed by atoms with Gasteiger partial charge >= 0.3 is 6.18 Å². The van der Waals surface area contributed by atoms with Crippen LogP contribution in [-0.2, 0) is 6.18 Å². The fraction of sp³-hybridized carbons (Fsp3) is 0.474. The maximum atomic E-state index is 13.0. The molecule has 0 spiro atoms. The number of nitrogens with one attached hydrogen (secondary N) is 1. The van der Waals surface area contributed by atoms with E-state index in [1.807, 2.05) is 0 Å². The standard InChI is InChI=1S/C19H20F5N3/c20-16(21)18-25-11-15(12-7-9-13(10-8-12)19(22,23)24)17(27-18)26-14-5-3-1-2-4-6-14/h7-11,14,16H,1-6H2,(H,25,26,27). The van der Waals surface area contributed by atoms with Gasteiger partial charge in [0.1, 0.15) is 5.82 Å². The summed E-state index contributed by atoms with van der Waals surface area (Å²) in [7, 11) is 0. The van der Waals surface area contributed by atoms with Crippen LogP contribution in [0.1, 0.15) is 56.3 Å². The fourth-order valence-corrected chi connectivity index (χ4v) is 3.28. The fourth-order valence-electron chi connectivity index (χ4n) is 3.28. The number of aromatic nitrogens is 2. The monoisotopic (exact) mass is 385 g/mol. The summed E-state index contributed by atoms with van der Waals surface area (Å²) in [5, 5.41) is 3.22. The van der Waals surface area contributed by atoms with Crippen molar-refractivity contribution in [2.24, 2.45) is 0 Å².